The van der Waals surface area contributed by atoms with Crippen LogP contribution in [-0.2, 0) is 6.54 Å². The van der Waals surface area contributed by atoms with E-state index in [4.69, 9.17) is 9.15 Å². The summed E-state index contributed by atoms with van der Waals surface area (Å²) in [6.45, 7) is 1.26. The zero-order valence-corrected chi connectivity index (χ0v) is 18.7. The van der Waals surface area contributed by atoms with E-state index >= 15 is 0 Å². The molecule has 4 rings (SSSR count). The van der Waals surface area contributed by atoms with Crippen LogP contribution < -0.4 is 9.64 Å². The zero-order chi connectivity index (χ0) is 19.5. The van der Waals surface area contributed by atoms with Crippen LogP contribution in [0.15, 0.2) is 58.1 Å². The van der Waals surface area contributed by atoms with Crippen molar-refractivity contribution >= 4 is 60.9 Å². The van der Waals surface area contributed by atoms with Crippen molar-refractivity contribution in [3.63, 3.8) is 0 Å². The minimum Gasteiger partial charge on any atom is -0.497 e. The van der Waals surface area contributed by atoms with E-state index in [0.717, 1.165) is 28.9 Å². The minimum absolute atomic E-state index is 0. The number of methoxy groups -OCH3 is 1. The quantitative estimate of drug-likeness (QED) is 0.359. The molecule has 0 bridgehead atoms. The van der Waals surface area contributed by atoms with Crippen LogP contribution in [0, 0.1) is 0 Å². The number of carbonyl (C=O) groups excluding carboxylic acids is 1. The Morgan fingerprint density at radius 1 is 1.34 bits per heavy atom. The Kier molecular flexibility index (Phi) is 6.94. The van der Waals surface area contributed by atoms with Crippen molar-refractivity contribution in [3.8, 4) is 5.75 Å². The number of nitrogens with zero attached hydrogens (tertiary/aromatic N) is 4. The van der Waals surface area contributed by atoms with Crippen LogP contribution in [-0.4, -0.2) is 34.1 Å². The Morgan fingerprint density at radius 3 is 2.90 bits per heavy atom. The molecule has 0 radical (unpaired) electrons. The van der Waals surface area contributed by atoms with Crippen LogP contribution in [0.4, 0.5) is 5.13 Å². The van der Waals surface area contributed by atoms with E-state index < -0.39 is 0 Å². The molecule has 0 saturated carbocycles. The molecule has 0 aliphatic carbocycles. The van der Waals surface area contributed by atoms with E-state index in [1.165, 1.54) is 11.3 Å². The van der Waals surface area contributed by atoms with Gasteiger partial charge in [0.1, 0.15) is 5.75 Å². The molecule has 0 spiro atoms. The molecule has 0 aliphatic heterocycles. The number of rotatable bonds is 7. The van der Waals surface area contributed by atoms with Crippen molar-refractivity contribution in [2.24, 2.45) is 0 Å². The molecule has 1 amide bonds. The Bertz CT molecular complexity index is 1100. The van der Waals surface area contributed by atoms with Crippen LogP contribution in [0.5, 0.6) is 5.75 Å². The first-order chi connectivity index (χ1) is 13.6. The highest BCUT2D eigenvalue weighted by Gasteiger charge is 2.23. The molecule has 0 aliphatic rings. The maximum Gasteiger partial charge on any atom is 0.295 e. The lowest BCUT2D eigenvalue weighted by Gasteiger charge is -2.18. The fraction of sp³-hybridized carbons (Fsp3) is 0.211. The van der Waals surface area contributed by atoms with Crippen molar-refractivity contribution < 1.29 is 13.9 Å². The molecule has 0 fully saturated rings. The molecule has 0 N–H and O–H groups in total. The predicted octanol–water partition coefficient (Wildman–Crippen LogP) is 5.02. The summed E-state index contributed by atoms with van der Waals surface area (Å²) in [5.74, 6) is 0.810. The van der Waals surface area contributed by atoms with Gasteiger partial charge >= 0.3 is 0 Å². The fourth-order valence-electron chi connectivity index (χ4n) is 2.81. The van der Waals surface area contributed by atoms with Crippen molar-refractivity contribution in [1.29, 1.82) is 0 Å². The van der Waals surface area contributed by atoms with E-state index in [-0.39, 0.29) is 24.1 Å². The molecule has 0 saturated heterocycles. The van der Waals surface area contributed by atoms with Gasteiger partial charge < -0.3 is 13.7 Å². The van der Waals surface area contributed by atoms with E-state index in [9.17, 15) is 4.79 Å². The molecule has 3 heterocycles. The number of benzene rings is 1. The minimum atomic E-state index is -0.220. The molecule has 0 atom stereocenters. The number of ether oxygens (including phenoxy) is 1. The van der Waals surface area contributed by atoms with Gasteiger partial charge in [-0.3, -0.25) is 9.69 Å². The van der Waals surface area contributed by atoms with Crippen LogP contribution in [0.3, 0.4) is 0 Å². The summed E-state index contributed by atoms with van der Waals surface area (Å²) >= 11 is 4.71. The molecule has 7 nitrogen and oxygen atoms in total. The Hall–Kier alpha value is -2.36. The summed E-state index contributed by atoms with van der Waals surface area (Å²) in [6, 6.07) is 9.05. The van der Waals surface area contributed by atoms with Crippen molar-refractivity contribution in [3.05, 3.63) is 59.5 Å². The summed E-state index contributed by atoms with van der Waals surface area (Å²) < 4.78 is 14.2. The van der Waals surface area contributed by atoms with Gasteiger partial charge in [-0.25, -0.2) is 9.97 Å². The SMILES string of the molecule is COc1ccc2nc(N(CCCn3ccnc3)C(=O)c3ccc(Br)o3)sc2c1.Cl. The van der Waals surface area contributed by atoms with Gasteiger partial charge in [0, 0.05) is 25.5 Å². The first kappa shape index (κ1) is 21.4. The number of hydrogen-bond donors (Lipinski definition) is 0. The lowest BCUT2D eigenvalue weighted by atomic mass is 10.3. The Balaban J connectivity index is 0.00000240. The standard InChI is InChI=1S/C19H17BrN4O3S.ClH/c1-26-13-3-4-14-16(11-13)28-19(22-14)24(9-2-8-23-10-7-21-12-23)18(25)15-5-6-17(20)27-15;/h3-7,10-12H,2,8-9H2,1H3;1H. The van der Waals surface area contributed by atoms with Crippen LogP contribution in [0.2, 0.25) is 0 Å². The van der Waals surface area contributed by atoms with Crippen molar-refractivity contribution in [2.75, 3.05) is 18.6 Å². The van der Waals surface area contributed by atoms with E-state index in [1.807, 2.05) is 29.0 Å². The molecule has 10 heteroatoms. The number of anilines is 1. The molecule has 4 aromatic rings. The molecule has 29 heavy (non-hydrogen) atoms. The van der Waals surface area contributed by atoms with Crippen molar-refractivity contribution in [1.82, 2.24) is 14.5 Å². The number of fused-ring (bicyclic) bond motifs is 1. The normalized spacial score (nSPS) is 10.7. The van der Waals surface area contributed by atoms with Gasteiger partial charge in [-0.2, -0.15) is 0 Å². The fourth-order valence-corrected chi connectivity index (χ4v) is 4.14. The van der Waals surface area contributed by atoms with E-state index in [2.05, 4.69) is 25.9 Å². The number of furan rings is 1. The Labute approximate surface area is 185 Å². The van der Waals surface area contributed by atoms with Gasteiger partial charge in [0.25, 0.3) is 5.91 Å². The summed E-state index contributed by atoms with van der Waals surface area (Å²) in [7, 11) is 1.63. The predicted molar refractivity (Wildman–Crippen MR) is 118 cm³/mol. The van der Waals surface area contributed by atoms with Gasteiger partial charge in [-0.15, -0.1) is 12.4 Å². The zero-order valence-electron chi connectivity index (χ0n) is 15.4. The number of hydrogen-bond acceptors (Lipinski definition) is 6. The largest absolute Gasteiger partial charge is 0.497 e. The van der Waals surface area contributed by atoms with Gasteiger partial charge in [0.05, 0.1) is 23.7 Å². The second-order valence-corrected chi connectivity index (χ2v) is 7.84. The van der Waals surface area contributed by atoms with Gasteiger partial charge in [0.15, 0.2) is 15.6 Å². The van der Waals surface area contributed by atoms with E-state index in [0.29, 0.717) is 16.3 Å². The summed E-state index contributed by atoms with van der Waals surface area (Å²) in [5.41, 5.74) is 0.828. The number of imidazole rings is 1. The maximum atomic E-state index is 13.1. The third-order valence-electron chi connectivity index (χ3n) is 4.20. The van der Waals surface area contributed by atoms with E-state index in [1.54, 1.807) is 36.7 Å². The monoisotopic (exact) mass is 496 g/mol. The smallest absolute Gasteiger partial charge is 0.295 e. The third kappa shape index (κ3) is 4.80. The highest BCUT2D eigenvalue weighted by molar-refractivity contribution is 9.10. The third-order valence-corrected chi connectivity index (χ3v) is 5.67. The molecule has 0 unspecified atom stereocenters. The number of aryl methyl sites for hydroxylation is 1. The van der Waals surface area contributed by atoms with Gasteiger partial charge in [-0.1, -0.05) is 11.3 Å². The summed E-state index contributed by atoms with van der Waals surface area (Å²) in [4.78, 5) is 23.5. The molecule has 152 valence electrons. The number of thiazole rings is 1. The first-order valence-corrected chi connectivity index (χ1v) is 10.2. The molecular formula is C19H18BrClN4O3S. The molecule has 3 aromatic heterocycles. The number of amides is 1. The Morgan fingerprint density at radius 2 is 2.21 bits per heavy atom. The molecular weight excluding hydrogens is 480 g/mol. The summed E-state index contributed by atoms with van der Waals surface area (Å²) in [6.07, 6.45) is 6.16. The second kappa shape index (κ2) is 9.43. The maximum absolute atomic E-state index is 13.1. The highest BCUT2D eigenvalue weighted by atomic mass is 79.9. The number of aromatic nitrogens is 3. The topological polar surface area (TPSA) is 73.4 Å². The average Bonchev–Trinajstić information content (AvgIpc) is 3.44. The van der Waals surface area contributed by atoms with Gasteiger partial charge in [0.2, 0.25) is 0 Å². The number of carbonyl (C=O) groups is 1. The first-order valence-electron chi connectivity index (χ1n) is 8.61. The molecule has 1 aromatic carbocycles. The average molecular weight is 498 g/mol. The summed E-state index contributed by atoms with van der Waals surface area (Å²) in [5, 5.41) is 0.631. The van der Waals surface area contributed by atoms with Gasteiger partial charge in [-0.05, 0) is 52.7 Å². The lowest BCUT2D eigenvalue weighted by Crippen LogP contribution is -2.32. The van der Waals surface area contributed by atoms with Crippen LogP contribution in [0.25, 0.3) is 10.2 Å². The highest BCUT2D eigenvalue weighted by Crippen LogP contribution is 2.32. The lowest BCUT2D eigenvalue weighted by molar-refractivity contribution is 0.0958. The number of halogens is 2. The van der Waals surface area contributed by atoms with Crippen LogP contribution >= 0.6 is 39.7 Å². The van der Waals surface area contributed by atoms with Crippen molar-refractivity contribution in [2.45, 2.75) is 13.0 Å². The van der Waals surface area contributed by atoms with Crippen LogP contribution in [0.1, 0.15) is 17.0 Å². The second-order valence-electron chi connectivity index (χ2n) is 6.04.